The molecule has 1 aromatic rings. The van der Waals surface area contributed by atoms with E-state index < -0.39 is 0 Å². The van der Waals surface area contributed by atoms with Gasteiger partial charge < -0.3 is 0 Å². The third-order valence-corrected chi connectivity index (χ3v) is 2.97. The fraction of sp³-hybridized carbons (Fsp3) is 0.417. The Labute approximate surface area is 90.1 Å². The minimum atomic E-state index is -0.291. The molecule has 0 aliphatic rings. The number of hydrogen-bond donors (Lipinski definition) is 0. The maximum absolute atomic E-state index is 10.9. The van der Waals surface area contributed by atoms with Gasteiger partial charge in [0.25, 0.3) is 0 Å². The van der Waals surface area contributed by atoms with Crippen LogP contribution in [0.2, 0.25) is 0 Å². The standard InChI is InChI=1S/C12H15ClO/c1-7-5-8(2)10(4)11(9(7)3)6-12(13)14/h5H,6H2,1-4H3. The summed E-state index contributed by atoms with van der Waals surface area (Å²) < 4.78 is 0. The van der Waals surface area contributed by atoms with Crippen LogP contribution in [0, 0.1) is 27.7 Å². The fourth-order valence-electron chi connectivity index (χ4n) is 1.70. The van der Waals surface area contributed by atoms with Crippen LogP contribution >= 0.6 is 11.6 Å². The largest absolute Gasteiger partial charge is 0.281 e. The molecular formula is C12H15ClO. The average Bonchev–Trinajstić information content (AvgIpc) is 2.09. The second kappa shape index (κ2) is 4.14. The first-order valence-electron chi connectivity index (χ1n) is 4.68. The molecule has 1 rings (SSSR count). The number of hydrogen-bond acceptors (Lipinski definition) is 1. The number of halogens is 1. The van der Waals surface area contributed by atoms with Crippen molar-refractivity contribution in [1.82, 2.24) is 0 Å². The summed E-state index contributed by atoms with van der Waals surface area (Å²) in [5.41, 5.74) is 5.90. The predicted octanol–water partition coefficient (Wildman–Crippen LogP) is 3.23. The van der Waals surface area contributed by atoms with Crippen LogP contribution in [0.1, 0.15) is 27.8 Å². The first-order valence-corrected chi connectivity index (χ1v) is 5.06. The molecule has 0 N–H and O–H groups in total. The van der Waals surface area contributed by atoms with Gasteiger partial charge in [-0.3, -0.25) is 4.79 Å². The van der Waals surface area contributed by atoms with Crippen LogP contribution in [0.15, 0.2) is 6.07 Å². The number of carbonyl (C=O) groups is 1. The predicted molar refractivity (Wildman–Crippen MR) is 60.0 cm³/mol. The molecule has 76 valence electrons. The topological polar surface area (TPSA) is 17.1 Å². The molecule has 0 aromatic heterocycles. The van der Waals surface area contributed by atoms with E-state index in [4.69, 9.17) is 11.6 Å². The van der Waals surface area contributed by atoms with Gasteiger partial charge in [-0.2, -0.15) is 0 Å². The summed E-state index contributed by atoms with van der Waals surface area (Å²) >= 11 is 5.42. The second-order valence-corrected chi connectivity index (χ2v) is 4.19. The van der Waals surface area contributed by atoms with Gasteiger partial charge in [0.1, 0.15) is 0 Å². The molecule has 0 saturated carbocycles. The molecule has 1 aromatic carbocycles. The van der Waals surface area contributed by atoms with Gasteiger partial charge in [-0.15, -0.1) is 0 Å². The summed E-state index contributed by atoms with van der Waals surface area (Å²) in [6.45, 7) is 8.20. The molecule has 0 radical (unpaired) electrons. The summed E-state index contributed by atoms with van der Waals surface area (Å²) in [5.74, 6) is 0. The van der Waals surface area contributed by atoms with E-state index in [-0.39, 0.29) is 5.24 Å². The highest BCUT2D eigenvalue weighted by molar-refractivity contribution is 6.63. The van der Waals surface area contributed by atoms with Gasteiger partial charge in [-0.25, -0.2) is 0 Å². The van der Waals surface area contributed by atoms with E-state index in [2.05, 4.69) is 19.9 Å². The Morgan fingerprint density at radius 2 is 1.57 bits per heavy atom. The summed E-state index contributed by atoms with van der Waals surface area (Å²) in [6, 6.07) is 2.15. The van der Waals surface area contributed by atoms with Crippen LogP contribution in [-0.2, 0) is 11.2 Å². The molecule has 2 heteroatoms. The molecule has 0 unspecified atom stereocenters. The normalized spacial score (nSPS) is 10.4. The lowest BCUT2D eigenvalue weighted by atomic mass is 9.93. The highest BCUT2D eigenvalue weighted by Crippen LogP contribution is 2.22. The molecule has 14 heavy (non-hydrogen) atoms. The first kappa shape index (κ1) is 11.3. The van der Waals surface area contributed by atoms with Crippen LogP contribution in [-0.4, -0.2) is 5.24 Å². The van der Waals surface area contributed by atoms with Crippen molar-refractivity contribution in [3.63, 3.8) is 0 Å². The van der Waals surface area contributed by atoms with Gasteiger partial charge in [0.05, 0.1) is 0 Å². The zero-order valence-electron chi connectivity index (χ0n) is 9.07. The molecule has 0 aliphatic carbocycles. The second-order valence-electron chi connectivity index (χ2n) is 3.77. The maximum Gasteiger partial charge on any atom is 0.226 e. The Morgan fingerprint density at radius 3 is 1.93 bits per heavy atom. The van der Waals surface area contributed by atoms with E-state index in [1.165, 1.54) is 22.3 Å². The van der Waals surface area contributed by atoms with Crippen LogP contribution in [0.25, 0.3) is 0 Å². The maximum atomic E-state index is 10.9. The van der Waals surface area contributed by atoms with Crippen LogP contribution in [0.5, 0.6) is 0 Å². The third-order valence-electron chi connectivity index (χ3n) is 2.84. The smallest absolute Gasteiger partial charge is 0.226 e. The summed E-state index contributed by atoms with van der Waals surface area (Å²) in [5, 5.41) is -0.291. The van der Waals surface area contributed by atoms with Crippen molar-refractivity contribution in [3.8, 4) is 0 Å². The number of carbonyl (C=O) groups excluding carboxylic acids is 1. The average molecular weight is 211 g/mol. The van der Waals surface area contributed by atoms with Crippen molar-refractivity contribution in [1.29, 1.82) is 0 Å². The molecule has 1 nitrogen and oxygen atoms in total. The SMILES string of the molecule is Cc1cc(C)c(C)c(CC(=O)Cl)c1C. The van der Waals surface area contributed by atoms with E-state index in [1.54, 1.807) is 0 Å². The molecule has 0 atom stereocenters. The monoisotopic (exact) mass is 210 g/mol. The molecule has 0 fully saturated rings. The Hall–Kier alpha value is -0.820. The molecule has 0 amide bonds. The van der Waals surface area contributed by atoms with E-state index in [0.717, 1.165) is 5.56 Å². The van der Waals surface area contributed by atoms with Crippen LogP contribution < -0.4 is 0 Å². The fourth-order valence-corrected chi connectivity index (χ4v) is 1.84. The van der Waals surface area contributed by atoms with Gasteiger partial charge in [-0.1, -0.05) is 6.07 Å². The minimum absolute atomic E-state index is 0.291. The van der Waals surface area contributed by atoms with Gasteiger partial charge in [0.2, 0.25) is 5.24 Å². The lowest BCUT2D eigenvalue weighted by Gasteiger charge is -2.13. The molecule has 0 heterocycles. The number of aryl methyl sites for hydroxylation is 2. The zero-order chi connectivity index (χ0) is 10.9. The van der Waals surface area contributed by atoms with Gasteiger partial charge in [0.15, 0.2) is 0 Å². The summed E-state index contributed by atoms with van der Waals surface area (Å²) in [4.78, 5) is 10.9. The Morgan fingerprint density at radius 1 is 1.14 bits per heavy atom. The van der Waals surface area contributed by atoms with Crippen molar-refractivity contribution in [2.75, 3.05) is 0 Å². The van der Waals surface area contributed by atoms with E-state index >= 15 is 0 Å². The van der Waals surface area contributed by atoms with E-state index in [1.807, 2.05) is 13.8 Å². The number of benzene rings is 1. The van der Waals surface area contributed by atoms with Gasteiger partial charge in [0, 0.05) is 6.42 Å². The molecule has 0 spiro atoms. The van der Waals surface area contributed by atoms with Gasteiger partial charge in [-0.05, 0) is 67.1 Å². The molecule has 0 aliphatic heterocycles. The highest BCUT2D eigenvalue weighted by Gasteiger charge is 2.10. The van der Waals surface area contributed by atoms with Crippen LogP contribution in [0.3, 0.4) is 0 Å². The van der Waals surface area contributed by atoms with Crippen molar-refractivity contribution in [3.05, 3.63) is 33.9 Å². The summed E-state index contributed by atoms with van der Waals surface area (Å²) in [7, 11) is 0. The Bertz CT molecular complexity index is 354. The molecule has 0 saturated heterocycles. The molecular weight excluding hydrogens is 196 g/mol. The lowest BCUT2D eigenvalue weighted by Crippen LogP contribution is -2.03. The summed E-state index contributed by atoms with van der Waals surface area (Å²) in [6.07, 6.45) is 0.335. The Kier molecular flexibility index (Phi) is 3.33. The van der Waals surface area contributed by atoms with Crippen LogP contribution in [0.4, 0.5) is 0 Å². The van der Waals surface area contributed by atoms with Gasteiger partial charge >= 0.3 is 0 Å². The van der Waals surface area contributed by atoms with Crippen molar-refractivity contribution in [2.45, 2.75) is 34.1 Å². The molecule has 0 bridgehead atoms. The van der Waals surface area contributed by atoms with E-state index in [0.29, 0.717) is 6.42 Å². The van der Waals surface area contributed by atoms with Crippen molar-refractivity contribution >= 4 is 16.8 Å². The van der Waals surface area contributed by atoms with Crippen molar-refractivity contribution in [2.24, 2.45) is 0 Å². The minimum Gasteiger partial charge on any atom is -0.281 e. The quantitative estimate of drug-likeness (QED) is 0.685. The Balaban J connectivity index is 3.31. The number of rotatable bonds is 2. The lowest BCUT2D eigenvalue weighted by molar-refractivity contribution is -0.111. The zero-order valence-corrected chi connectivity index (χ0v) is 9.83. The van der Waals surface area contributed by atoms with E-state index in [9.17, 15) is 4.79 Å². The van der Waals surface area contributed by atoms with Crippen molar-refractivity contribution < 1.29 is 4.79 Å². The first-order chi connectivity index (χ1) is 6.43. The third kappa shape index (κ3) is 2.16. The highest BCUT2D eigenvalue weighted by atomic mass is 35.5.